The molecule has 1 aromatic rings. The van der Waals surface area contributed by atoms with Gasteiger partial charge in [-0.2, -0.15) is 0 Å². The molecule has 1 atom stereocenters. The molecule has 0 radical (unpaired) electrons. The number of aryl methyl sites for hydroxylation is 1. The van der Waals surface area contributed by atoms with Crippen LogP contribution in [0.5, 0.6) is 11.5 Å². The summed E-state index contributed by atoms with van der Waals surface area (Å²) in [7, 11) is 2.25. The fraction of sp³-hybridized carbons (Fsp3) is 0.625. The van der Waals surface area contributed by atoms with Crippen LogP contribution in [0, 0.1) is 0 Å². The molecule has 20 heavy (non-hydrogen) atoms. The highest BCUT2D eigenvalue weighted by atomic mass is 16.7. The summed E-state index contributed by atoms with van der Waals surface area (Å²) in [5, 5.41) is 3.48. The third kappa shape index (κ3) is 3.25. The van der Waals surface area contributed by atoms with Gasteiger partial charge < -0.3 is 19.7 Å². The molecule has 0 aliphatic carbocycles. The number of fused-ring (bicyclic) bond motifs is 1. The van der Waals surface area contributed by atoms with Crippen molar-refractivity contribution in [3.8, 4) is 11.5 Å². The Morgan fingerprint density at radius 2 is 2.20 bits per heavy atom. The highest BCUT2D eigenvalue weighted by molar-refractivity contribution is 5.44. The minimum absolute atomic E-state index is 0.357. The third-order valence-corrected chi connectivity index (χ3v) is 4.31. The average molecular weight is 276 g/mol. The maximum Gasteiger partial charge on any atom is 0.231 e. The number of benzene rings is 1. The molecule has 4 heteroatoms. The van der Waals surface area contributed by atoms with Gasteiger partial charge >= 0.3 is 0 Å². The Morgan fingerprint density at radius 1 is 1.30 bits per heavy atom. The number of ether oxygens (including phenoxy) is 2. The molecule has 2 aliphatic heterocycles. The molecular weight excluding hydrogens is 252 g/mol. The Kier molecular flexibility index (Phi) is 4.43. The zero-order chi connectivity index (χ0) is 13.8. The molecule has 1 N–H and O–H groups in total. The fourth-order valence-electron chi connectivity index (χ4n) is 3.02. The Balaban J connectivity index is 1.45. The van der Waals surface area contributed by atoms with Crippen molar-refractivity contribution in [2.24, 2.45) is 0 Å². The normalized spacial score (nSPS) is 21.4. The number of hydrogen-bond donors (Lipinski definition) is 1. The topological polar surface area (TPSA) is 33.7 Å². The van der Waals surface area contributed by atoms with Crippen molar-refractivity contribution in [1.29, 1.82) is 0 Å². The van der Waals surface area contributed by atoms with E-state index in [2.05, 4.69) is 29.4 Å². The lowest BCUT2D eigenvalue weighted by atomic mass is 10.0. The SMILES string of the molecule is CN(CCCc1ccc2c(c1)OCO2)C1CCCNC1. The summed E-state index contributed by atoms with van der Waals surface area (Å²) in [5.74, 6) is 1.77. The molecule has 2 aliphatic rings. The summed E-state index contributed by atoms with van der Waals surface area (Å²) >= 11 is 0. The smallest absolute Gasteiger partial charge is 0.231 e. The van der Waals surface area contributed by atoms with E-state index < -0.39 is 0 Å². The summed E-state index contributed by atoms with van der Waals surface area (Å²) in [6.07, 6.45) is 4.92. The molecule has 1 aromatic carbocycles. The molecule has 3 rings (SSSR count). The maximum absolute atomic E-state index is 5.42. The molecule has 0 saturated carbocycles. The van der Waals surface area contributed by atoms with Crippen molar-refractivity contribution >= 4 is 0 Å². The second-order valence-electron chi connectivity index (χ2n) is 5.77. The standard InChI is InChI=1S/C16H24N2O2/c1-18(14-5-2-8-17-11-14)9-3-4-13-6-7-15-16(10-13)20-12-19-15/h6-7,10,14,17H,2-5,8-9,11-12H2,1H3. The number of nitrogens with zero attached hydrogens (tertiary/aromatic N) is 1. The van der Waals surface area contributed by atoms with Crippen LogP contribution in [0.2, 0.25) is 0 Å². The lowest BCUT2D eigenvalue weighted by Crippen LogP contribution is -2.44. The van der Waals surface area contributed by atoms with Gasteiger partial charge in [-0.3, -0.25) is 0 Å². The quantitative estimate of drug-likeness (QED) is 0.892. The maximum atomic E-state index is 5.42. The first-order chi connectivity index (χ1) is 9.83. The first-order valence-electron chi connectivity index (χ1n) is 7.62. The Bertz CT molecular complexity index is 444. The van der Waals surface area contributed by atoms with Gasteiger partial charge in [-0.15, -0.1) is 0 Å². The zero-order valence-electron chi connectivity index (χ0n) is 12.2. The van der Waals surface area contributed by atoms with E-state index in [9.17, 15) is 0 Å². The van der Waals surface area contributed by atoms with Crippen molar-refractivity contribution in [3.63, 3.8) is 0 Å². The van der Waals surface area contributed by atoms with E-state index in [1.165, 1.54) is 31.4 Å². The molecule has 4 nitrogen and oxygen atoms in total. The second-order valence-corrected chi connectivity index (χ2v) is 5.77. The predicted molar refractivity (Wildman–Crippen MR) is 79.4 cm³/mol. The number of nitrogens with one attached hydrogen (secondary N) is 1. The van der Waals surface area contributed by atoms with Gasteiger partial charge in [0.15, 0.2) is 11.5 Å². The Hall–Kier alpha value is -1.26. The molecule has 110 valence electrons. The van der Waals surface area contributed by atoms with Gasteiger partial charge in [0.2, 0.25) is 6.79 Å². The van der Waals surface area contributed by atoms with Crippen LogP contribution in [0.3, 0.4) is 0 Å². The molecule has 1 fully saturated rings. The number of piperidine rings is 1. The van der Waals surface area contributed by atoms with Crippen molar-refractivity contribution in [1.82, 2.24) is 10.2 Å². The summed E-state index contributed by atoms with van der Waals surface area (Å²) < 4.78 is 10.8. The molecule has 0 spiro atoms. The van der Waals surface area contributed by atoms with Gasteiger partial charge in [0, 0.05) is 12.6 Å². The Morgan fingerprint density at radius 3 is 3.05 bits per heavy atom. The Labute approximate surface area is 121 Å². The molecule has 2 heterocycles. The first kappa shape index (κ1) is 13.7. The number of rotatable bonds is 5. The van der Waals surface area contributed by atoms with E-state index in [1.807, 2.05) is 6.07 Å². The van der Waals surface area contributed by atoms with Crippen LogP contribution in [-0.4, -0.2) is 44.4 Å². The van der Waals surface area contributed by atoms with Crippen LogP contribution < -0.4 is 14.8 Å². The van der Waals surface area contributed by atoms with Crippen LogP contribution in [0.25, 0.3) is 0 Å². The van der Waals surface area contributed by atoms with Crippen molar-refractivity contribution < 1.29 is 9.47 Å². The second kappa shape index (κ2) is 6.46. The largest absolute Gasteiger partial charge is 0.454 e. The summed E-state index contributed by atoms with van der Waals surface area (Å²) in [6, 6.07) is 6.99. The predicted octanol–water partition coefficient (Wildman–Crippen LogP) is 2.03. The van der Waals surface area contributed by atoms with E-state index >= 15 is 0 Å². The van der Waals surface area contributed by atoms with Crippen LogP contribution >= 0.6 is 0 Å². The summed E-state index contributed by atoms with van der Waals surface area (Å²) in [6.45, 7) is 3.83. The lowest BCUT2D eigenvalue weighted by molar-refractivity contribution is 0.174. The van der Waals surface area contributed by atoms with Crippen molar-refractivity contribution in [3.05, 3.63) is 23.8 Å². The van der Waals surface area contributed by atoms with Crippen molar-refractivity contribution in [2.75, 3.05) is 33.5 Å². The third-order valence-electron chi connectivity index (χ3n) is 4.31. The van der Waals surface area contributed by atoms with Crippen molar-refractivity contribution in [2.45, 2.75) is 31.7 Å². The number of likely N-dealkylation sites (N-methyl/N-ethyl adjacent to an activating group) is 1. The van der Waals surface area contributed by atoms with Crippen LogP contribution in [-0.2, 0) is 6.42 Å². The highest BCUT2D eigenvalue weighted by Gasteiger charge is 2.17. The first-order valence-corrected chi connectivity index (χ1v) is 7.62. The van der Waals surface area contributed by atoms with Gasteiger partial charge in [-0.1, -0.05) is 6.07 Å². The molecule has 0 amide bonds. The van der Waals surface area contributed by atoms with E-state index in [-0.39, 0.29) is 0 Å². The zero-order valence-corrected chi connectivity index (χ0v) is 12.2. The van der Waals surface area contributed by atoms with Crippen LogP contribution in [0.1, 0.15) is 24.8 Å². The summed E-state index contributed by atoms with van der Waals surface area (Å²) in [4.78, 5) is 2.50. The van der Waals surface area contributed by atoms with Gasteiger partial charge in [0.1, 0.15) is 0 Å². The minimum Gasteiger partial charge on any atom is -0.454 e. The van der Waals surface area contributed by atoms with E-state index in [1.54, 1.807) is 0 Å². The molecule has 0 aromatic heterocycles. The molecule has 0 bridgehead atoms. The molecule has 1 saturated heterocycles. The summed E-state index contributed by atoms with van der Waals surface area (Å²) in [5.41, 5.74) is 1.34. The van der Waals surface area contributed by atoms with Gasteiger partial charge in [0.05, 0.1) is 0 Å². The van der Waals surface area contributed by atoms with Crippen LogP contribution in [0.4, 0.5) is 0 Å². The van der Waals surface area contributed by atoms with Crippen LogP contribution in [0.15, 0.2) is 18.2 Å². The van der Waals surface area contributed by atoms with Gasteiger partial charge in [-0.05, 0) is 63.5 Å². The molecule has 1 unspecified atom stereocenters. The minimum atomic E-state index is 0.357. The van der Waals surface area contributed by atoms with Gasteiger partial charge in [-0.25, -0.2) is 0 Å². The van der Waals surface area contributed by atoms with E-state index in [4.69, 9.17) is 9.47 Å². The monoisotopic (exact) mass is 276 g/mol. The lowest BCUT2D eigenvalue weighted by Gasteiger charge is -2.31. The van der Waals surface area contributed by atoms with E-state index in [0.29, 0.717) is 12.8 Å². The number of hydrogen-bond acceptors (Lipinski definition) is 4. The van der Waals surface area contributed by atoms with E-state index in [0.717, 1.165) is 31.0 Å². The molecular formula is C16H24N2O2. The highest BCUT2D eigenvalue weighted by Crippen LogP contribution is 2.32. The fourth-order valence-corrected chi connectivity index (χ4v) is 3.02. The average Bonchev–Trinajstić information content (AvgIpc) is 2.95. The van der Waals surface area contributed by atoms with Gasteiger partial charge in [0.25, 0.3) is 0 Å².